The van der Waals surface area contributed by atoms with E-state index >= 15 is 0 Å². The maximum absolute atomic E-state index is 11.5. The van der Waals surface area contributed by atoms with Crippen LogP contribution in [0.4, 0.5) is 0 Å². The summed E-state index contributed by atoms with van der Waals surface area (Å²) in [7, 11) is 1.78. The van der Waals surface area contributed by atoms with Crippen LogP contribution in [0.1, 0.15) is 46.5 Å². The number of H-pyrrole nitrogens is 1. The van der Waals surface area contributed by atoms with Crippen molar-refractivity contribution < 1.29 is 0 Å². The second-order valence-electron chi connectivity index (χ2n) is 6.40. The van der Waals surface area contributed by atoms with E-state index < -0.39 is 0 Å². The van der Waals surface area contributed by atoms with Crippen LogP contribution in [0.2, 0.25) is 0 Å². The van der Waals surface area contributed by atoms with Crippen molar-refractivity contribution in [2.24, 2.45) is 18.9 Å². The van der Waals surface area contributed by atoms with Gasteiger partial charge in [-0.15, -0.1) is 5.10 Å². The van der Waals surface area contributed by atoms with Crippen LogP contribution < -0.4 is 11.0 Å². The van der Waals surface area contributed by atoms with Crippen LogP contribution in [0.25, 0.3) is 0 Å². The third-order valence-corrected chi connectivity index (χ3v) is 5.93. The zero-order valence-corrected chi connectivity index (χ0v) is 14.4. The quantitative estimate of drug-likeness (QED) is 0.846. The topological polar surface area (TPSA) is 62.7 Å². The summed E-state index contributed by atoms with van der Waals surface area (Å²) >= 11 is 1.75. The van der Waals surface area contributed by atoms with Crippen molar-refractivity contribution in [3.05, 3.63) is 10.5 Å². The first-order valence-corrected chi connectivity index (χ1v) is 8.92. The predicted molar refractivity (Wildman–Crippen MR) is 87.7 cm³/mol. The molecule has 2 N–H and O–H groups in total. The van der Waals surface area contributed by atoms with E-state index in [4.69, 9.17) is 0 Å². The molecule has 3 unspecified atom stereocenters. The molecule has 120 valence electrons. The predicted octanol–water partition coefficient (Wildman–Crippen LogP) is 2.39. The number of hydrogen-bond acceptors (Lipinski definition) is 4. The zero-order valence-electron chi connectivity index (χ0n) is 13.6. The summed E-state index contributed by atoms with van der Waals surface area (Å²) in [6.45, 7) is 7.90. The molecule has 0 aliphatic heterocycles. The van der Waals surface area contributed by atoms with Crippen molar-refractivity contribution in [2.45, 2.75) is 62.9 Å². The summed E-state index contributed by atoms with van der Waals surface area (Å²) in [4.78, 5) is 11.5. The second-order valence-corrected chi connectivity index (χ2v) is 7.61. The first kappa shape index (κ1) is 16.6. The molecule has 1 aromatic heterocycles. The third-order valence-electron chi connectivity index (χ3n) is 4.53. The lowest BCUT2D eigenvalue weighted by atomic mass is 9.79. The number of thioether (sulfide) groups is 1. The van der Waals surface area contributed by atoms with Gasteiger partial charge in [0, 0.05) is 18.3 Å². The average Bonchev–Trinajstić information content (AvgIpc) is 2.77. The normalized spacial score (nSPS) is 26.4. The number of rotatable bonds is 6. The lowest BCUT2D eigenvalue weighted by Gasteiger charge is -2.37. The maximum Gasteiger partial charge on any atom is 0.343 e. The van der Waals surface area contributed by atoms with E-state index in [1.54, 1.807) is 23.4 Å². The van der Waals surface area contributed by atoms with Crippen molar-refractivity contribution in [1.29, 1.82) is 0 Å². The van der Waals surface area contributed by atoms with Gasteiger partial charge >= 0.3 is 5.69 Å². The molecule has 0 radical (unpaired) electrons. The summed E-state index contributed by atoms with van der Waals surface area (Å²) in [5.41, 5.74) is -0.133. The zero-order chi connectivity index (χ0) is 15.4. The molecule has 1 aliphatic rings. The monoisotopic (exact) mass is 312 g/mol. The Kier molecular flexibility index (Phi) is 5.93. The summed E-state index contributed by atoms with van der Waals surface area (Å²) < 4.78 is 1.61. The van der Waals surface area contributed by atoms with Crippen molar-refractivity contribution in [3.8, 4) is 0 Å². The van der Waals surface area contributed by atoms with Gasteiger partial charge in [0.15, 0.2) is 5.16 Å². The van der Waals surface area contributed by atoms with Gasteiger partial charge in [-0.3, -0.25) is 4.57 Å². The van der Waals surface area contributed by atoms with Gasteiger partial charge in [0.05, 0.1) is 0 Å². The summed E-state index contributed by atoms with van der Waals surface area (Å²) in [6, 6.07) is 0.525. The highest BCUT2D eigenvalue weighted by molar-refractivity contribution is 7.99. The van der Waals surface area contributed by atoms with Gasteiger partial charge in [-0.25, -0.2) is 9.89 Å². The van der Waals surface area contributed by atoms with Crippen LogP contribution in [-0.4, -0.2) is 32.6 Å². The summed E-state index contributed by atoms with van der Waals surface area (Å²) in [6.07, 6.45) is 4.88. The van der Waals surface area contributed by atoms with E-state index in [9.17, 15) is 4.79 Å². The van der Waals surface area contributed by atoms with Gasteiger partial charge < -0.3 is 5.32 Å². The average molecular weight is 312 g/mol. The highest BCUT2D eigenvalue weighted by Crippen LogP contribution is 2.38. The molecule has 0 amide bonds. The van der Waals surface area contributed by atoms with E-state index in [2.05, 4.69) is 36.3 Å². The Morgan fingerprint density at radius 1 is 1.48 bits per heavy atom. The summed E-state index contributed by atoms with van der Waals surface area (Å²) in [5, 5.41) is 11.7. The van der Waals surface area contributed by atoms with Crippen molar-refractivity contribution in [3.63, 3.8) is 0 Å². The van der Waals surface area contributed by atoms with Crippen LogP contribution in [0.5, 0.6) is 0 Å². The first-order chi connectivity index (χ1) is 10.0. The molecule has 6 heteroatoms. The van der Waals surface area contributed by atoms with Crippen LogP contribution in [0.15, 0.2) is 9.95 Å². The molecule has 0 saturated heterocycles. The fourth-order valence-corrected chi connectivity index (χ4v) is 4.38. The molecule has 2 rings (SSSR count). The van der Waals surface area contributed by atoms with Crippen molar-refractivity contribution >= 4 is 11.8 Å². The molecule has 0 spiro atoms. The Bertz CT molecular complexity index is 496. The maximum atomic E-state index is 11.5. The van der Waals surface area contributed by atoms with E-state index in [1.807, 2.05) is 0 Å². The number of nitrogens with zero attached hydrogens (tertiary/aromatic N) is 2. The molecule has 0 bridgehead atoms. The SMILES string of the molecule is CCCNC1CCC(C(C)C)CC1Sc1n[nH]c(=O)n1C. The molecular weight excluding hydrogens is 284 g/mol. The Morgan fingerprint density at radius 2 is 2.24 bits per heavy atom. The number of aromatic amines is 1. The van der Waals surface area contributed by atoms with E-state index in [-0.39, 0.29) is 5.69 Å². The second kappa shape index (κ2) is 7.49. The molecule has 0 aromatic carbocycles. The fourth-order valence-electron chi connectivity index (χ4n) is 3.03. The molecule has 1 heterocycles. The Morgan fingerprint density at radius 3 is 2.81 bits per heavy atom. The van der Waals surface area contributed by atoms with E-state index in [0.717, 1.165) is 30.0 Å². The minimum absolute atomic E-state index is 0.133. The Balaban J connectivity index is 2.08. The fraction of sp³-hybridized carbons (Fsp3) is 0.867. The van der Waals surface area contributed by atoms with Gasteiger partial charge in [0.25, 0.3) is 0 Å². The van der Waals surface area contributed by atoms with Gasteiger partial charge in [0.1, 0.15) is 0 Å². The standard InChI is InChI=1S/C15H28N4OS/c1-5-8-16-12-7-6-11(10(2)3)9-13(12)21-15-18-17-14(20)19(15)4/h10-13,16H,5-9H2,1-4H3,(H,17,20). The molecule has 1 fully saturated rings. The molecule has 1 aromatic rings. The summed E-state index contributed by atoms with van der Waals surface area (Å²) in [5.74, 6) is 1.50. The van der Waals surface area contributed by atoms with Gasteiger partial charge in [-0.2, -0.15) is 0 Å². The van der Waals surface area contributed by atoms with E-state index in [1.165, 1.54) is 19.3 Å². The minimum atomic E-state index is -0.133. The molecule has 5 nitrogen and oxygen atoms in total. The van der Waals surface area contributed by atoms with Crippen molar-refractivity contribution in [1.82, 2.24) is 20.1 Å². The number of hydrogen-bond donors (Lipinski definition) is 2. The third kappa shape index (κ3) is 4.13. The smallest absolute Gasteiger partial charge is 0.313 e. The minimum Gasteiger partial charge on any atom is -0.313 e. The van der Waals surface area contributed by atoms with Gasteiger partial charge in [0.2, 0.25) is 0 Å². The Hall–Kier alpha value is -0.750. The van der Waals surface area contributed by atoms with Crippen LogP contribution in [0.3, 0.4) is 0 Å². The number of aromatic nitrogens is 3. The Labute approximate surface area is 131 Å². The molecule has 1 saturated carbocycles. The van der Waals surface area contributed by atoms with Crippen molar-refractivity contribution in [2.75, 3.05) is 6.54 Å². The molecule has 21 heavy (non-hydrogen) atoms. The lowest BCUT2D eigenvalue weighted by molar-refractivity contribution is 0.246. The highest BCUT2D eigenvalue weighted by atomic mass is 32.2. The highest BCUT2D eigenvalue weighted by Gasteiger charge is 2.33. The largest absolute Gasteiger partial charge is 0.343 e. The number of nitrogens with one attached hydrogen (secondary N) is 2. The van der Waals surface area contributed by atoms with Gasteiger partial charge in [-0.05, 0) is 44.1 Å². The van der Waals surface area contributed by atoms with Crippen LogP contribution in [0, 0.1) is 11.8 Å². The molecule has 1 aliphatic carbocycles. The molecule has 3 atom stereocenters. The first-order valence-electron chi connectivity index (χ1n) is 8.04. The van der Waals surface area contributed by atoms with Crippen LogP contribution >= 0.6 is 11.8 Å². The van der Waals surface area contributed by atoms with Crippen LogP contribution in [-0.2, 0) is 7.05 Å². The lowest BCUT2D eigenvalue weighted by Crippen LogP contribution is -2.43. The van der Waals surface area contributed by atoms with Gasteiger partial charge in [-0.1, -0.05) is 32.5 Å². The van der Waals surface area contributed by atoms with E-state index in [0.29, 0.717) is 11.3 Å². The molecular formula is C15H28N4OS.